The van der Waals surface area contributed by atoms with Gasteiger partial charge in [-0.2, -0.15) is 0 Å². The van der Waals surface area contributed by atoms with Gasteiger partial charge in [-0.25, -0.2) is 0 Å². The van der Waals surface area contributed by atoms with E-state index in [2.05, 4.69) is 43.1 Å². The zero-order valence-electron chi connectivity index (χ0n) is 9.17. The summed E-state index contributed by atoms with van der Waals surface area (Å²) in [6.07, 6.45) is 1.12. The average molecular weight is 224 g/mol. The summed E-state index contributed by atoms with van der Waals surface area (Å²) in [5.74, 6) is 0.585. The minimum atomic E-state index is 0.585. The zero-order chi connectivity index (χ0) is 11.1. The molecule has 1 nitrogen and oxygen atoms in total. The summed E-state index contributed by atoms with van der Waals surface area (Å²) < 4.78 is 0. The normalized spacial score (nSPS) is 12.4. The molecule has 1 N–H and O–H groups in total. The smallest absolute Gasteiger partial charge is 0.0307 e. The van der Waals surface area contributed by atoms with Crippen LogP contribution in [-0.2, 0) is 0 Å². The lowest BCUT2D eigenvalue weighted by Crippen LogP contribution is -2.18. The number of hydrogen-bond acceptors (Lipinski definition) is 1. The molecule has 0 aliphatic heterocycles. The first-order chi connectivity index (χ1) is 7.20. The van der Waals surface area contributed by atoms with E-state index in [0.29, 0.717) is 17.5 Å². The second kappa shape index (κ2) is 6.65. The number of rotatable bonds is 6. The maximum Gasteiger partial charge on any atom is 0.0307 e. The monoisotopic (exact) mass is 223 g/mol. The highest BCUT2D eigenvalue weighted by atomic mass is 35.5. The number of hydrogen-bond donors (Lipinski definition) is 1. The summed E-state index contributed by atoms with van der Waals surface area (Å²) >= 11 is 5.65. The van der Waals surface area contributed by atoms with E-state index in [0.717, 1.165) is 13.0 Å². The van der Waals surface area contributed by atoms with Gasteiger partial charge in [0.1, 0.15) is 0 Å². The highest BCUT2D eigenvalue weighted by molar-refractivity contribution is 6.29. The Morgan fingerprint density at radius 1 is 1.40 bits per heavy atom. The Morgan fingerprint density at radius 3 is 2.67 bits per heavy atom. The minimum Gasteiger partial charge on any atom is -0.312 e. The van der Waals surface area contributed by atoms with E-state index in [1.807, 2.05) is 6.07 Å². The van der Waals surface area contributed by atoms with Gasteiger partial charge < -0.3 is 5.32 Å². The van der Waals surface area contributed by atoms with Crippen molar-refractivity contribution in [1.29, 1.82) is 0 Å². The summed E-state index contributed by atoms with van der Waals surface area (Å²) in [4.78, 5) is 0. The predicted octanol–water partition coefficient (Wildman–Crippen LogP) is 3.52. The molecule has 82 valence electrons. The Labute approximate surface area is 97.1 Å². The first-order valence-corrected chi connectivity index (χ1v) is 5.67. The molecular weight excluding hydrogens is 206 g/mol. The van der Waals surface area contributed by atoms with Crippen LogP contribution < -0.4 is 5.32 Å². The van der Waals surface area contributed by atoms with Crippen LogP contribution in [0.25, 0.3) is 0 Å². The molecule has 2 heteroatoms. The molecule has 0 radical (unpaired) electrons. The van der Waals surface area contributed by atoms with Gasteiger partial charge in [0.05, 0.1) is 0 Å². The molecule has 0 saturated heterocycles. The van der Waals surface area contributed by atoms with Crippen molar-refractivity contribution in [3.8, 4) is 0 Å². The number of halogens is 1. The van der Waals surface area contributed by atoms with E-state index in [1.165, 1.54) is 5.56 Å². The fourth-order valence-electron chi connectivity index (χ4n) is 1.49. The van der Waals surface area contributed by atoms with Crippen LogP contribution in [0.1, 0.15) is 24.8 Å². The highest BCUT2D eigenvalue weighted by Crippen LogP contribution is 2.17. The predicted molar refractivity (Wildman–Crippen MR) is 67.3 cm³/mol. The van der Waals surface area contributed by atoms with Gasteiger partial charge in [0.25, 0.3) is 0 Å². The number of benzene rings is 1. The van der Waals surface area contributed by atoms with Gasteiger partial charge in [-0.05, 0) is 24.4 Å². The van der Waals surface area contributed by atoms with Gasteiger partial charge in [0, 0.05) is 11.6 Å². The van der Waals surface area contributed by atoms with E-state index in [-0.39, 0.29) is 0 Å². The summed E-state index contributed by atoms with van der Waals surface area (Å²) in [6.45, 7) is 7.55. The second-order valence-electron chi connectivity index (χ2n) is 3.79. The average Bonchev–Trinajstić information content (AvgIpc) is 2.25. The van der Waals surface area contributed by atoms with Crippen molar-refractivity contribution in [2.24, 2.45) is 0 Å². The third-order valence-corrected chi connectivity index (χ3v) is 2.57. The molecule has 0 aliphatic carbocycles. The minimum absolute atomic E-state index is 0.585. The van der Waals surface area contributed by atoms with Crippen LogP contribution in [0.15, 0.2) is 41.9 Å². The molecule has 1 aromatic carbocycles. The fourth-order valence-corrected chi connectivity index (χ4v) is 1.59. The third-order valence-electron chi connectivity index (χ3n) is 2.44. The summed E-state index contributed by atoms with van der Waals surface area (Å²) in [5.41, 5.74) is 1.39. The van der Waals surface area contributed by atoms with Gasteiger partial charge in [-0.15, -0.1) is 0 Å². The quantitative estimate of drug-likeness (QED) is 0.728. The summed E-state index contributed by atoms with van der Waals surface area (Å²) in [7, 11) is 0. The van der Waals surface area contributed by atoms with Crippen molar-refractivity contribution in [2.45, 2.75) is 19.3 Å². The van der Waals surface area contributed by atoms with Crippen molar-refractivity contribution in [3.05, 3.63) is 47.5 Å². The van der Waals surface area contributed by atoms with E-state index in [4.69, 9.17) is 11.6 Å². The van der Waals surface area contributed by atoms with Crippen LogP contribution in [0.2, 0.25) is 0 Å². The zero-order valence-corrected chi connectivity index (χ0v) is 9.93. The molecule has 0 spiro atoms. The van der Waals surface area contributed by atoms with Crippen LogP contribution in [0.3, 0.4) is 0 Å². The highest BCUT2D eigenvalue weighted by Gasteiger charge is 2.03. The number of nitrogens with one attached hydrogen (secondary N) is 1. The van der Waals surface area contributed by atoms with Gasteiger partial charge in [-0.3, -0.25) is 0 Å². The van der Waals surface area contributed by atoms with E-state index in [1.54, 1.807) is 0 Å². The van der Waals surface area contributed by atoms with Crippen LogP contribution in [-0.4, -0.2) is 13.1 Å². The molecule has 0 amide bonds. The lowest BCUT2D eigenvalue weighted by Gasteiger charge is -2.11. The van der Waals surface area contributed by atoms with Crippen molar-refractivity contribution in [3.63, 3.8) is 0 Å². The van der Waals surface area contributed by atoms with Crippen molar-refractivity contribution in [2.75, 3.05) is 13.1 Å². The molecule has 1 atom stereocenters. The third kappa shape index (κ3) is 5.01. The van der Waals surface area contributed by atoms with Gasteiger partial charge in [0.2, 0.25) is 0 Å². The van der Waals surface area contributed by atoms with Gasteiger partial charge >= 0.3 is 0 Å². The maximum absolute atomic E-state index is 5.65. The first kappa shape index (κ1) is 12.3. The Balaban J connectivity index is 2.25. The summed E-state index contributed by atoms with van der Waals surface area (Å²) in [5, 5.41) is 3.92. The molecule has 15 heavy (non-hydrogen) atoms. The molecular formula is C13H18ClN. The van der Waals surface area contributed by atoms with Crippen LogP contribution in [0.4, 0.5) is 0 Å². The molecule has 0 heterocycles. The molecule has 1 aromatic rings. The Kier molecular flexibility index (Phi) is 5.44. The van der Waals surface area contributed by atoms with Crippen molar-refractivity contribution in [1.82, 2.24) is 5.32 Å². The Morgan fingerprint density at radius 2 is 2.07 bits per heavy atom. The molecule has 0 bridgehead atoms. The topological polar surface area (TPSA) is 12.0 Å². The van der Waals surface area contributed by atoms with Gasteiger partial charge in [-0.1, -0.05) is 55.4 Å². The fraction of sp³-hybridized carbons (Fsp3) is 0.385. The lowest BCUT2D eigenvalue weighted by molar-refractivity contribution is 0.618. The Bertz CT molecular complexity index is 295. The van der Waals surface area contributed by atoms with E-state index >= 15 is 0 Å². The molecule has 0 aliphatic rings. The molecule has 1 unspecified atom stereocenters. The SMILES string of the molecule is C=C(Cl)CNCCC(C)c1ccccc1. The Hall–Kier alpha value is -0.790. The second-order valence-corrected chi connectivity index (χ2v) is 4.33. The van der Waals surface area contributed by atoms with Crippen LogP contribution in [0, 0.1) is 0 Å². The molecule has 0 aromatic heterocycles. The lowest BCUT2D eigenvalue weighted by atomic mass is 9.98. The van der Waals surface area contributed by atoms with Gasteiger partial charge in [0.15, 0.2) is 0 Å². The molecule has 0 fully saturated rings. The van der Waals surface area contributed by atoms with Crippen molar-refractivity contribution >= 4 is 11.6 Å². The largest absolute Gasteiger partial charge is 0.312 e. The molecule has 1 rings (SSSR count). The summed E-state index contributed by atoms with van der Waals surface area (Å²) in [6, 6.07) is 10.6. The standard InChI is InChI=1S/C13H18ClN/c1-11(8-9-15-10-12(2)14)13-6-4-3-5-7-13/h3-7,11,15H,2,8-10H2,1H3. The molecule has 0 saturated carbocycles. The van der Waals surface area contributed by atoms with Crippen LogP contribution >= 0.6 is 11.6 Å². The van der Waals surface area contributed by atoms with E-state index < -0.39 is 0 Å². The van der Waals surface area contributed by atoms with E-state index in [9.17, 15) is 0 Å². The van der Waals surface area contributed by atoms with Crippen molar-refractivity contribution < 1.29 is 0 Å². The van der Waals surface area contributed by atoms with Crippen LogP contribution in [0.5, 0.6) is 0 Å². The maximum atomic E-state index is 5.65. The first-order valence-electron chi connectivity index (χ1n) is 5.29.